The zero-order valence-electron chi connectivity index (χ0n) is 12.1. The highest BCUT2D eigenvalue weighted by molar-refractivity contribution is 7.89. The van der Waals surface area contributed by atoms with Gasteiger partial charge in [-0.05, 0) is 43.5 Å². The standard InChI is InChI=1S/C14H19NO5S/c1-3-20-13-5-4-12(6-10(13)2)21(18,19)15-8-11(9-15)7-14(16)17/h4-6,11H,3,7-9H2,1-2H3,(H,16,17). The molecular weight excluding hydrogens is 294 g/mol. The van der Waals surface area contributed by atoms with Gasteiger partial charge in [-0.2, -0.15) is 4.31 Å². The Kier molecular flexibility index (Phi) is 4.53. The van der Waals surface area contributed by atoms with Crippen molar-refractivity contribution in [2.75, 3.05) is 19.7 Å². The number of sulfonamides is 1. The first-order chi connectivity index (χ1) is 9.84. The van der Waals surface area contributed by atoms with Crippen LogP contribution >= 0.6 is 0 Å². The van der Waals surface area contributed by atoms with Gasteiger partial charge in [0, 0.05) is 13.1 Å². The first-order valence-corrected chi connectivity index (χ1v) is 8.24. The molecule has 0 aliphatic carbocycles. The number of benzene rings is 1. The van der Waals surface area contributed by atoms with Crippen molar-refractivity contribution >= 4 is 16.0 Å². The van der Waals surface area contributed by atoms with E-state index in [0.717, 1.165) is 5.56 Å². The van der Waals surface area contributed by atoms with Crippen molar-refractivity contribution in [2.45, 2.75) is 25.2 Å². The third kappa shape index (κ3) is 3.36. The molecule has 116 valence electrons. The summed E-state index contributed by atoms with van der Waals surface area (Å²) in [4.78, 5) is 10.8. The minimum absolute atomic E-state index is 0.00826. The van der Waals surface area contributed by atoms with E-state index in [4.69, 9.17) is 9.84 Å². The van der Waals surface area contributed by atoms with Crippen molar-refractivity contribution < 1.29 is 23.1 Å². The smallest absolute Gasteiger partial charge is 0.303 e. The number of ether oxygens (including phenoxy) is 1. The van der Waals surface area contributed by atoms with Crippen LogP contribution in [-0.2, 0) is 14.8 Å². The van der Waals surface area contributed by atoms with Crippen LogP contribution in [-0.4, -0.2) is 43.5 Å². The lowest BCUT2D eigenvalue weighted by Gasteiger charge is -2.37. The fourth-order valence-electron chi connectivity index (χ4n) is 2.34. The van der Waals surface area contributed by atoms with Gasteiger partial charge in [-0.1, -0.05) is 0 Å². The van der Waals surface area contributed by atoms with Crippen LogP contribution in [0.5, 0.6) is 5.75 Å². The van der Waals surface area contributed by atoms with Gasteiger partial charge in [0.2, 0.25) is 10.0 Å². The Bertz CT molecular complexity index is 635. The van der Waals surface area contributed by atoms with Gasteiger partial charge in [0.1, 0.15) is 5.75 Å². The van der Waals surface area contributed by atoms with Crippen LogP contribution in [0.1, 0.15) is 18.9 Å². The van der Waals surface area contributed by atoms with Gasteiger partial charge >= 0.3 is 5.97 Å². The Hall–Kier alpha value is -1.60. The Morgan fingerprint density at radius 3 is 2.62 bits per heavy atom. The molecule has 0 radical (unpaired) electrons. The molecule has 0 amide bonds. The van der Waals surface area contributed by atoms with Gasteiger partial charge < -0.3 is 9.84 Å². The predicted octanol–water partition coefficient (Wildman–Crippen LogP) is 1.49. The van der Waals surface area contributed by atoms with Crippen molar-refractivity contribution in [3.05, 3.63) is 23.8 Å². The lowest BCUT2D eigenvalue weighted by molar-refractivity contribution is -0.139. The molecule has 1 aliphatic rings. The van der Waals surface area contributed by atoms with E-state index in [-0.39, 0.29) is 30.3 Å². The highest BCUT2D eigenvalue weighted by Crippen LogP contribution is 2.29. The van der Waals surface area contributed by atoms with Crippen LogP contribution in [0, 0.1) is 12.8 Å². The van der Waals surface area contributed by atoms with Crippen LogP contribution in [0.3, 0.4) is 0 Å². The lowest BCUT2D eigenvalue weighted by atomic mass is 10.00. The van der Waals surface area contributed by atoms with Crippen molar-refractivity contribution in [1.82, 2.24) is 4.31 Å². The Morgan fingerprint density at radius 2 is 2.10 bits per heavy atom. The molecular formula is C14H19NO5S. The summed E-state index contributed by atoms with van der Waals surface area (Å²) in [6.07, 6.45) is 0.00826. The summed E-state index contributed by atoms with van der Waals surface area (Å²) in [5, 5.41) is 8.69. The molecule has 1 heterocycles. The van der Waals surface area contributed by atoms with E-state index in [2.05, 4.69) is 0 Å². The van der Waals surface area contributed by atoms with Crippen molar-refractivity contribution in [2.24, 2.45) is 5.92 Å². The molecule has 7 heteroatoms. The average Bonchev–Trinajstić information content (AvgIpc) is 2.35. The number of carboxylic acid groups (broad SMARTS) is 1. The number of carboxylic acids is 1. The SMILES string of the molecule is CCOc1ccc(S(=O)(=O)N2CC(CC(=O)O)C2)cc1C. The summed E-state index contributed by atoms with van der Waals surface area (Å²) in [6, 6.07) is 4.77. The van der Waals surface area contributed by atoms with Crippen molar-refractivity contribution in [3.8, 4) is 5.75 Å². The second kappa shape index (κ2) is 6.03. The van der Waals surface area contributed by atoms with Crippen LogP contribution in [0.4, 0.5) is 0 Å². The first-order valence-electron chi connectivity index (χ1n) is 6.80. The maximum atomic E-state index is 12.4. The molecule has 2 rings (SSSR count). The molecule has 21 heavy (non-hydrogen) atoms. The molecule has 1 aromatic carbocycles. The monoisotopic (exact) mass is 313 g/mol. The van der Waals surface area contributed by atoms with Crippen molar-refractivity contribution in [3.63, 3.8) is 0 Å². The summed E-state index contributed by atoms with van der Waals surface area (Å²) in [5.41, 5.74) is 0.764. The molecule has 1 aromatic rings. The van der Waals surface area contributed by atoms with Gasteiger partial charge in [0.05, 0.1) is 17.9 Å². The third-order valence-electron chi connectivity index (χ3n) is 3.47. The van der Waals surface area contributed by atoms with Gasteiger partial charge in [-0.15, -0.1) is 0 Å². The number of carbonyl (C=O) groups is 1. The number of rotatable bonds is 6. The van der Waals surface area contributed by atoms with Crippen LogP contribution in [0.15, 0.2) is 23.1 Å². The maximum Gasteiger partial charge on any atom is 0.303 e. The highest BCUT2D eigenvalue weighted by atomic mass is 32.2. The molecule has 1 N–H and O–H groups in total. The van der Waals surface area contributed by atoms with E-state index >= 15 is 0 Å². The predicted molar refractivity (Wildman–Crippen MR) is 76.8 cm³/mol. The van der Waals surface area contributed by atoms with E-state index < -0.39 is 16.0 Å². The minimum Gasteiger partial charge on any atom is -0.494 e. The van der Waals surface area contributed by atoms with E-state index in [9.17, 15) is 13.2 Å². The van der Waals surface area contributed by atoms with E-state index in [1.807, 2.05) is 6.92 Å². The summed E-state index contributed by atoms with van der Waals surface area (Å²) in [7, 11) is -3.54. The first kappa shape index (κ1) is 15.8. The molecule has 1 fully saturated rings. The largest absolute Gasteiger partial charge is 0.494 e. The van der Waals surface area contributed by atoms with E-state index in [0.29, 0.717) is 12.4 Å². The fraction of sp³-hybridized carbons (Fsp3) is 0.500. The van der Waals surface area contributed by atoms with Gasteiger partial charge in [0.15, 0.2) is 0 Å². The topological polar surface area (TPSA) is 83.9 Å². The maximum absolute atomic E-state index is 12.4. The molecule has 0 atom stereocenters. The van der Waals surface area contributed by atoms with Gasteiger partial charge in [-0.25, -0.2) is 8.42 Å². The number of aryl methyl sites for hydroxylation is 1. The Labute approximate surface area is 124 Å². The molecule has 0 bridgehead atoms. The molecule has 0 saturated carbocycles. The number of aliphatic carboxylic acids is 1. The van der Waals surface area contributed by atoms with Crippen molar-refractivity contribution in [1.29, 1.82) is 0 Å². The van der Waals surface area contributed by atoms with Crippen LogP contribution in [0.2, 0.25) is 0 Å². The Morgan fingerprint density at radius 1 is 1.43 bits per heavy atom. The van der Waals surface area contributed by atoms with Gasteiger partial charge in [0.25, 0.3) is 0 Å². The second-order valence-electron chi connectivity index (χ2n) is 5.15. The van der Waals surface area contributed by atoms with Crippen LogP contribution in [0.25, 0.3) is 0 Å². The highest BCUT2D eigenvalue weighted by Gasteiger charge is 2.37. The fourth-order valence-corrected chi connectivity index (χ4v) is 4.02. The second-order valence-corrected chi connectivity index (χ2v) is 7.08. The number of nitrogens with zero attached hydrogens (tertiary/aromatic N) is 1. The average molecular weight is 313 g/mol. The number of hydrogen-bond donors (Lipinski definition) is 1. The van der Waals surface area contributed by atoms with E-state index in [1.54, 1.807) is 19.1 Å². The summed E-state index contributed by atoms with van der Waals surface area (Å²) in [6.45, 7) is 4.72. The zero-order valence-corrected chi connectivity index (χ0v) is 12.9. The summed E-state index contributed by atoms with van der Waals surface area (Å²) < 4.78 is 31.5. The van der Waals surface area contributed by atoms with Gasteiger partial charge in [-0.3, -0.25) is 4.79 Å². The minimum atomic E-state index is -3.54. The lowest BCUT2D eigenvalue weighted by Crippen LogP contribution is -2.50. The molecule has 1 aliphatic heterocycles. The zero-order chi connectivity index (χ0) is 15.6. The Balaban J connectivity index is 2.11. The van der Waals surface area contributed by atoms with E-state index in [1.165, 1.54) is 10.4 Å². The molecule has 6 nitrogen and oxygen atoms in total. The normalized spacial score (nSPS) is 16.5. The molecule has 0 spiro atoms. The summed E-state index contributed by atoms with van der Waals surface area (Å²) >= 11 is 0. The quantitative estimate of drug-likeness (QED) is 0.860. The van der Waals surface area contributed by atoms with Crippen LogP contribution < -0.4 is 4.74 Å². The third-order valence-corrected chi connectivity index (χ3v) is 5.30. The molecule has 1 saturated heterocycles. The molecule has 0 aromatic heterocycles. The molecule has 0 unspecified atom stereocenters. The number of hydrogen-bond acceptors (Lipinski definition) is 4. The summed E-state index contributed by atoms with van der Waals surface area (Å²) in [5.74, 6) is -0.321.